The maximum atomic E-state index is 11.5. The molecule has 1 N–H and O–H groups in total. The van der Waals surface area contributed by atoms with Crippen LogP contribution in [0.25, 0.3) is 10.1 Å². The zero-order chi connectivity index (χ0) is 14.5. The van der Waals surface area contributed by atoms with E-state index >= 15 is 0 Å². The Morgan fingerprint density at radius 1 is 1.35 bits per heavy atom. The van der Waals surface area contributed by atoms with Crippen molar-refractivity contribution in [3.05, 3.63) is 34.2 Å². The minimum absolute atomic E-state index is 0.309. The topological polar surface area (TPSA) is 78.5 Å². The third-order valence-corrected chi connectivity index (χ3v) is 3.79. The standard InChI is InChI=1S/C13H12ClNO4S/c14-9-1-2-11-10(3-9)8(7-20-11)4-15-12(16)5-19-6-13(17)18/h1-3,7H,4-6H2,(H,15,16)(H,17,18)/p-1. The van der Waals surface area contributed by atoms with Gasteiger partial charge in [-0.3, -0.25) is 4.79 Å². The number of ether oxygens (including phenoxy) is 1. The Bertz CT molecular complexity index is 640. The summed E-state index contributed by atoms with van der Waals surface area (Å²) in [5.41, 5.74) is 0.959. The molecular formula is C13H11ClNO4S-. The molecule has 0 atom stereocenters. The summed E-state index contributed by atoms with van der Waals surface area (Å²) in [6.45, 7) is -0.560. The van der Waals surface area contributed by atoms with Crippen LogP contribution in [0.4, 0.5) is 0 Å². The SMILES string of the molecule is O=C([O-])COCC(=O)NCc1csc2ccc(Cl)cc12. The number of benzene rings is 1. The second-order valence-electron chi connectivity index (χ2n) is 4.04. The highest BCUT2D eigenvalue weighted by molar-refractivity contribution is 7.17. The van der Waals surface area contributed by atoms with Crippen molar-refractivity contribution < 1.29 is 19.4 Å². The molecule has 0 saturated heterocycles. The van der Waals surface area contributed by atoms with E-state index in [0.29, 0.717) is 11.6 Å². The molecule has 0 bridgehead atoms. The smallest absolute Gasteiger partial charge is 0.246 e. The molecule has 106 valence electrons. The van der Waals surface area contributed by atoms with Gasteiger partial charge in [-0.2, -0.15) is 0 Å². The largest absolute Gasteiger partial charge is 0.548 e. The molecule has 2 rings (SSSR count). The number of nitrogens with one attached hydrogen (secondary N) is 1. The predicted molar refractivity (Wildman–Crippen MR) is 74.5 cm³/mol. The molecule has 0 aliphatic carbocycles. The highest BCUT2D eigenvalue weighted by Gasteiger charge is 2.07. The van der Waals surface area contributed by atoms with Gasteiger partial charge in [0.25, 0.3) is 0 Å². The van der Waals surface area contributed by atoms with Crippen molar-refractivity contribution in [1.82, 2.24) is 5.32 Å². The van der Waals surface area contributed by atoms with Crippen molar-refractivity contribution in [3.8, 4) is 0 Å². The van der Waals surface area contributed by atoms with E-state index in [2.05, 4.69) is 10.1 Å². The van der Waals surface area contributed by atoms with Crippen molar-refractivity contribution in [2.24, 2.45) is 0 Å². The Hall–Kier alpha value is -1.63. The van der Waals surface area contributed by atoms with Gasteiger partial charge in [-0.25, -0.2) is 0 Å². The molecule has 5 nitrogen and oxygen atoms in total. The molecule has 0 radical (unpaired) electrons. The third kappa shape index (κ3) is 3.93. The monoisotopic (exact) mass is 312 g/mol. The highest BCUT2D eigenvalue weighted by atomic mass is 35.5. The van der Waals surface area contributed by atoms with Crippen molar-refractivity contribution in [2.75, 3.05) is 13.2 Å². The van der Waals surface area contributed by atoms with Crippen molar-refractivity contribution in [2.45, 2.75) is 6.54 Å². The van der Waals surface area contributed by atoms with Crippen LogP contribution in [-0.4, -0.2) is 25.1 Å². The van der Waals surface area contributed by atoms with E-state index in [9.17, 15) is 14.7 Å². The molecule has 7 heteroatoms. The average molecular weight is 313 g/mol. The number of aliphatic carboxylic acids is 1. The molecule has 20 heavy (non-hydrogen) atoms. The van der Waals surface area contributed by atoms with Gasteiger partial charge in [0.1, 0.15) is 6.61 Å². The molecule has 0 aliphatic rings. The first-order valence-electron chi connectivity index (χ1n) is 5.76. The summed E-state index contributed by atoms with van der Waals surface area (Å²) in [6.07, 6.45) is 0. The van der Waals surface area contributed by atoms with Gasteiger partial charge < -0.3 is 20.0 Å². The third-order valence-electron chi connectivity index (χ3n) is 2.54. The Morgan fingerprint density at radius 3 is 2.90 bits per heavy atom. The fourth-order valence-electron chi connectivity index (χ4n) is 1.66. The summed E-state index contributed by atoms with van der Waals surface area (Å²) in [4.78, 5) is 21.6. The average Bonchev–Trinajstić information content (AvgIpc) is 2.78. The van der Waals surface area contributed by atoms with Crippen molar-refractivity contribution in [3.63, 3.8) is 0 Å². The van der Waals surface area contributed by atoms with Gasteiger partial charge in [0.2, 0.25) is 5.91 Å². The molecule has 1 aromatic heterocycles. The Morgan fingerprint density at radius 2 is 2.15 bits per heavy atom. The molecule has 0 unspecified atom stereocenters. The van der Waals surface area contributed by atoms with E-state index in [4.69, 9.17) is 11.6 Å². The number of carboxylic acid groups (broad SMARTS) is 1. The van der Waals surface area contributed by atoms with Gasteiger partial charge in [0.15, 0.2) is 0 Å². The van der Waals surface area contributed by atoms with E-state index in [-0.39, 0.29) is 12.5 Å². The quantitative estimate of drug-likeness (QED) is 0.861. The molecule has 0 spiro atoms. The fourth-order valence-corrected chi connectivity index (χ4v) is 2.78. The first kappa shape index (κ1) is 14.8. The zero-order valence-corrected chi connectivity index (χ0v) is 11.9. The van der Waals surface area contributed by atoms with Crippen LogP contribution in [0.5, 0.6) is 0 Å². The van der Waals surface area contributed by atoms with E-state index in [1.807, 2.05) is 23.6 Å². The first-order valence-corrected chi connectivity index (χ1v) is 7.02. The van der Waals surface area contributed by atoms with Crippen LogP contribution in [0.3, 0.4) is 0 Å². The van der Waals surface area contributed by atoms with E-state index in [1.54, 1.807) is 11.3 Å². The van der Waals surface area contributed by atoms with E-state index in [0.717, 1.165) is 15.6 Å². The van der Waals surface area contributed by atoms with Crippen LogP contribution in [0.15, 0.2) is 23.6 Å². The molecule has 1 aromatic carbocycles. The lowest BCUT2D eigenvalue weighted by Crippen LogP contribution is -2.32. The maximum absolute atomic E-state index is 11.5. The number of carboxylic acids is 1. The number of halogens is 1. The summed E-state index contributed by atoms with van der Waals surface area (Å²) in [6, 6.07) is 5.59. The fraction of sp³-hybridized carbons (Fsp3) is 0.231. The van der Waals surface area contributed by atoms with Gasteiger partial charge in [0.05, 0.1) is 12.6 Å². The summed E-state index contributed by atoms with van der Waals surface area (Å²) in [5, 5.41) is 16.4. The van der Waals surface area contributed by atoms with Gasteiger partial charge in [-0.1, -0.05) is 11.6 Å². The summed E-state index contributed by atoms with van der Waals surface area (Å²) in [7, 11) is 0. The van der Waals surface area contributed by atoms with Gasteiger partial charge >= 0.3 is 0 Å². The number of hydrogen-bond acceptors (Lipinski definition) is 5. The second kappa shape index (κ2) is 6.69. The number of rotatable bonds is 6. The Balaban J connectivity index is 1.91. The summed E-state index contributed by atoms with van der Waals surface area (Å²) >= 11 is 7.51. The normalized spacial score (nSPS) is 10.7. The van der Waals surface area contributed by atoms with E-state index < -0.39 is 12.6 Å². The maximum Gasteiger partial charge on any atom is 0.246 e. The number of amides is 1. The number of carbonyl (C=O) groups excluding carboxylic acids is 2. The Kier molecular flexibility index (Phi) is 4.94. The second-order valence-corrected chi connectivity index (χ2v) is 5.39. The number of fused-ring (bicyclic) bond motifs is 1. The molecular weight excluding hydrogens is 302 g/mol. The number of carbonyl (C=O) groups is 2. The first-order chi connectivity index (χ1) is 9.56. The summed E-state index contributed by atoms with van der Waals surface area (Å²) < 4.78 is 5.73. The van der Waals surface area contributed by atoms with Crippen LogP contribution >= 0.6 is 22.9 Å². The number of hydrogen-bond donors (Lipinski definition) is 1. The van der Waals surface area contributed by atoms with Gasteiger partial charge in [-0.05, 0) is 34.5 Å². The van der Waals surface area contributed by atoms with E-state index in [1.165, 1.54) is 0 Å². The van der Waals surface area contributed by atoms with Crippen molar-refractivity contribution >= 4 is 44.9 Å². The van der Waals surface area contributed by atoms with Gasteiger partial charge in [0, 0.05) is 16.3 Å². The predicted octanol–water partition coefficient (Wildman–Crippen LogP) is 0.937. The lowest BCUT2D eigenvalue weighted by molar-refractivity contribution is -0.309. The minimum atomic E-state index is -1.35. The molecule has 0 saturated carbocycles. The molecule has 1 heterocycles. The van der Waals surface area contributed by atoms with Crippen molar-refractivity contribution in [1.29, 1.82) is 0 Å². The lowest BCUT2D eigenvalue weighted by Gasteiger charge is -2.06. The zero-order valence-electron chi connectivity index (χ0n) is 10.3. The van der Waals surface area contributed by atoms with Gasteiger partial charge in [-0.15, -0.1) is 11.3 Å². The van der Waals surface area contributed by atoms with Crippen LogP contribution in [0, 0.1) is 0 Å². The molecule has 1 amide bonds. The van der Waals surface area contributed by atoms with Crippen LogP contribution in [0.2, 0.25) is 5.02 Å². The molecule has 0 aliphatic heterocycles. The minimum Gasteiger partial charge on any atom is -0.548 e. The number of thiophene rings is 1. The van der Waals surface area contributed by atoms with Crippen LogP contribution in [-0.2, 0) is 20.9 Å². The molecule has 0 fully saturated rings. The molecule has 2 aromatic rings. The Labute approximate surface area is 124 Å². The van der Waals surface area contributed by atoms with Crippen LogP contribution < -0.4 is 10.4 Å². The summed E-state index contributed by atoms with van der Waals surface area (Å²) in [5.74, 6) is -1.73. The lowest BCUT2D eigenvalue weighted by atomic mass is 10.2. The van der Waals surface area contributed by atoms with Crippen LogP contribution in [0.1, 0.15) is 5.56 Å². The highest BCUT2D eigenvalue weighted by Crippen LogP contribution is 2.28.